The normalized spacial score (nSPS) is 8.59. The third-order valence-electron chi connectivity index (χ3n) is 0.545. The Bertz CT molecular complexity index is 311. The van der Waals surface area contributed by atoms with E-state index in [1.165, 1.54) is 6.26 Å². The third kappa shape index (κ3) is 25.1. The molecule has 0 saturated carbocycles. The van der Waals surface area contributed by atoms with Crippen molar-refractivity contribution in [2.24, 2.45) is 0 Å². The van der Waals surface area contributed by atoms with Gasteiger partial charge in [0, 0.05) is 0 Å². The van der Waals surface area contributed by atoms with Gasteiger partial charge in [0.2, 0.25) is 0 Å². The molecule has 0 bridgehead atoms. The van der Waals surface area contributed by atoms with Gasteiger partial charge in [0.1, 0.15) is 0 Å². The van der Waals surface area contributed by atoms with E-state index in [-0.39, 0.29) is 41.7 Å². The molecule has 0 spiro atoms. The molecule has 12 nitrogen and oxygen atoms in total. The van der Waals surface area contributed by atoms with E-state index >= 15 is 0 Å². The van der Waals surface area contributed by atoms with Crippen molar-refractivity contribution in [2.45, 2.75) is 0 Å². The zero-order valence-corrected chi connectivity index (χ0v) is 10.8. The molecular formula is C4H2CeN3O9. The summed E-state index contributed by atoms with van der Waals surface area (Å²) in [5, 5.41) is 31.5. The first-order valence-electron chi connectivity index (χ1n) is 2.92. The smallest absolute Gasteiger partial charge is 0.405 e. The molecule has 1 radical (unpaired) electrons. The number of hydrogen-bond donors (Lipinski definition) is 0. The molecule has 0 unspecified atom stereocenters. The maximum atomic E-state index is 9.63. The minimum atomic E-state index is -1.75. The Morgan fingerprint density at radius 3 is 1.76 bits per heavy atom. The molecule has 0 aliphatic rings. The molecule has 0 aromatic rings. The van der Waals surface area contributed by atoms with Crippen LogP contribution < -0.4 is 0 Å². The van der Waals surface area contributed by atoms with Gasteiger partial charge in [0.15, 0.2) is 0 Å². The zero-order valence-electron chi connectivity index (χ0n) is 7.67. The molecule has 0 aromatic carbocycles. The Kier molecular flexibility index (Phi) is 15.3. The topological polar surface area (TPSA) is 171 Å². The van der Waals surface area contributed by atoms with Gasteiger partial charge in [-0.25, -0.2) is 0 Å². The van der Waals surface area contributed by atoms with Crippen LogP contribution in [-0.4, -0.2) is 15.3 Å². The van der Waals surface area contributed by atoms with E-state index in [0.717, 1.165) is 0 Å². The van der Waals surface area contributed by atoms with Gasteiger partial charge in [-0.2, -0.15) is 12.0 Å². The molecule has 0 atom stereocenters. The van der Waals surface area contributed by atoms with Crippen LogP contribution >= 0.6 is 0 Å². The molecule has 91 valence electrons. The first-order valence-corrected chi connectivity index (χ1v) is 2.92. The predicted molar refractivity (Wildman–Crippen MR) is 42.1 cm³/mol. The SMILES string of the molecule is O=[N+]([O-])[O-].[CH-]=CC(=[C-]O[N+](=O)[O-])O[N+](=O)[O-].[Ce+3]. The molecule has 0 rings (SSSR count). The van der Waals surface area contributed by atoms with Crippen LogP contribution in [-0.2, 0) is 9.68 Å². The van der Waals surface area contributed by atoms with E-state index in [1.54, 1.807) is 0 Å². The number of rotatable bonds is 5. The third-order valence-corrected chi connectivity index (χ3v) is 0.545. The van der Waals surface area contributed by atoms with Crippen LogP contribution in [0.4, 0.5) is 0 Å². The number of nitrogens with zero attached hydrogens (tertiary/aromatic N) is 3. The van der Waals surface area contributed by atoms with Crippen molar-refractivity contribution in [1.82, 2.24) is 0 Å². The molecule has 17 heavy (non-hydrogen) atoms. The summed E-state index contributed by atoms with van der Waals surface area (Å²) in [5.74, 6) is -0.698. The zero-order chi connectivity index (χ0) is 13.1. The van der Waals surface area contributed by atoms with Crippen molar-refractivity contribution in [3.05, 3.63) is 60.2 Å². The largest absolute Gasteiger partial charge is 3.00 e. The fourth-order valence-electron chi connectivity index (χ4n) is 0.246. The first-order chi connectivity index (χ1) is 7.29. The minimum Gasteiger partial charge on any atom is -0.405 e. The Balaban J connectivity index is -0.000000340. The molecule has 13 heteroatoms. The second-order valence-electron chi connectivity index (χ2n) is 1.49. The van der Waals surface area contributed by atoms with Crippen LogP contribution in [0.3, 0.4) is 0 Å². The van der Waals surface area contributed by atoms with E-state index < -0.39 is 21.0 Å². The molecule has 0 aliphatic carbocycles. The monoisotopic (exact) mass is 376 g/mol. The molecule has 0 fully saturated rings. The second kappa shape index (κ2) is 12.5. The van der Waals surface area contributed by atoms with E-state index in [9.17, 15) is 20.2 Å². The molecular weight excluding hydrogens is 374 g/mol. The van der Waals surface area contributed by atoms with Gasteiger partial charge < -0.3 is 37.7 Å². The van der Waals surface area contributed by atoms with Crippen molar-refractivity contribution >= 4 is 0 Å². The summed E-state index contributed by atoms with van der Waals surface area (Å²) in [6, 6.07) is 0. The van der Waals surface area contributed by atoms with E-state index in [1.807, 2.05) is 0 Å². The first kappa shape index (κ1) is 20.8. The summed E-state index contributed by atoms with van der Waals surface area (Å²) in [6.45, 7) is 4.75. The van der Waals surface area contributed by atoms with Gasteiger partial charge in [-0.05, 0) is 0 Å². The molecule has 0 aromatic heterocycles. The van der Waals surface area contributed by atoms with Gasteiger partial charge in [-0.15, -0.1) is 20.2 Å². The fraction of sp³-hybridized carbons (Fsp3) is 0. The van der Waals surface area contributed by atoms with Crippen LogP contribution in [0, 0.1) is 90.1 Å². The summed E-state index contributed by atoms with van der Waals surface area (Å²) in [5.41, 5.74) is 0. The Hall–Kier alpha value is -1.54. The second-order valence-corrected chi connectivity index (χ2v) is 1.49. The van der Waals surface area contributed by atoms with Gasteiger partial charge in [-0.3, -0.25) is 0 Å². The van der Waals surface area contributed by atoms with Crippen molar-refractivity contribution in [3.63, 3.8) is 0 Å². The average Bonchev–Trinajstić information content (AvgIpc) is 2.10. The number of allylic oxidation sites excluding steroid dienone is 1. The summed E-state index contributed by atoms with van der Waals surface area (Å²) in [6.07, 6.45) is 2.06. The molecule has 0 saturated heterocycles. The summed E-state index contributed by atoms with van der Waals surface area (Å²) >= 11 is 0. The summed E-state index contributed by atoms with van der Waals surface area (Å²) in [4.78, 5) is 34.6. The maximum Gasteiger partial charge on any atom is 3.00 e. The Labute approximate surface area is 126 Å². The van der Waals surface area contributed by atoms with Crippen LogP contribution in [0.1, 0.15) is 0 Å². The predicted octanol–water partition coefficient (Wildman–Crippen LogP) is -0.202. The molecule has 0 aliphatic heterocycles. The quantitative estimate of drug-likeness (QED) is 0.207. The minimum absolute atomic E-state index is 0. The van der Waals surface area contributed by atoms with Crippen LogP contribution in [0.2, 0.25) is 0 Å². The summed E-state index contributed by atoms with van der Waals surface area (Å²) < 4.78 is 0. The molecule has 0 heterocycles. The van der Waals surface area contributed by atoms with E-state index in [0.29, 0.717) is 6.08 Å². The molecule has 0 N–H and O–H groups in total. The van der Waals surface area contributed by atoms with Gasteiger partial charge in [0.25, 0.3) is 10.2 Å². The van der Waals surface area contributed by atoms with Crippen LogP contribution in [0.25, 0.3) is 0 Å². The molecule has 0 amide bonds. The van der Waals surface area contributed by atoms with E-state index in [2.05, 4.69) is 9.68 Å². The van der Waals surface area contributed by atoms with Crippen molar-refractivity contribution in [1.29, 1.82) is 0 Å². The van der Waals surface area contributed by atoms with Crippen LogP contribution in [0.5, 0.6) is 0 Å². The van der Waals surface area contributed by atoms with Crippen molar-refractivity contribution in [2.75, 3.05) is 0 Å². The average molecular weight is 376 g/mol. The maximum absolute atomic E-state index is 9.63. The van der Waals surface area contributed by atoms with Gasteiger partial charge >= 0.3 is 41.7 Å². The Morgan fingerprint density at radius 1 is 1.12 bits per heavy atom. The van der Waals surface area contributed by atoms with Gasteiger partial charge in [-0.1, -0.05) is 0 Å². The number of hydrogen-bond acceptors (Lipinski definition) is 9. The Morgan fingerprint density at radius 2 is 1.53 bits per heavy atom. The van der Waals surface area contributed by atoms with Crippen molar-refractivity contribution < 1.29 is 66.7 Å². The fourth-order valence-corrected chi connectivity index (χ4v) is 0.246. The standard InChI is InChI=1S/C4H2N2O6.Ce.NO3/c1-2-4(12-6(9)10)3-11-5(7)8;;2-1(3)4/h1-2H;;/q-2;+3;-1. The van der Waals surface area contributed by atoms with Crippen LogP contribution in [0.15, 0.2) is 11.8 Å². The van der Waals surface area contributed by atoms with Gasteiger partial charge in [0.05, 0.1) is 5.09 Å². The van der Waals surface area contributed by atoms with Crippen molar-refractivity contribution in [3.8, 4) is 0 Å². The van der Waals surface area contributed by atoms with E-state index in [4.69, 9.17) is 21.9 Å². The summed E-state index contributed by atoms with van der Waals surface area (Å²) in [7, 11) is 0.